The number of carbonyl (C=O) groups is 1. The molecule has 0 aliphatic rings. The Hall–Kier alpha value is -3.14. The van der Waals surface area contributed by atoms with E-state index in [1.54, 1.807) is 26.9 Å². The summed E-state index contributed by atoms with van der Waals surface area (Å²) in [5, 5.41) is 16.3. The third-order valence-corrected chi connectivity index (χ3v) is 6.21. The van der Waals surface area contributed by atoms with Gasteiger partial charge in [-0.25, -0.2) is 0 Å². The lowest BCUT2D eigenvalue weighted by atomic mass is 10.1. The maximum Gasteiger partial charge on any atom is 0.281 e. The van der Waals surface area contributed by atoms with Crippen molar-refractivity contribution in [3.05, 3.63) is 51.9 Å². The van der Waals surface area contributed by atoms with E-state index in [1.165, 1.54) is 11.8 Å². The van der Waals surface area contributed by atoms with Crippen LogP contribution in [-0.4, -0.2) is 46.6 Å². The highest BCUT2D eigenvalue weighted by atomic mass is 32.2. The van der Waals surface area contributed by atoms with Gasteiger partial charge in [0.2, 0.25) is 11.7 Å². The summed E-state index contributed by atoms with van der Waals surface area (Å²) in [7, 11) is 1.74. The molecule has 4 aromatic rings. The molecule has 4 rings (SSSR count). The van der Waals surface area contributed by atoms with Crippen LogP contribution in [0.3, 0.4) is 0 Å². The number of benzene rings is 1. The van der Waals surface area contributed by atoms with Gasteiger partial charge < -0.3 is 5.32 Å². The Morgan fingerprint density at radius 2 is 1.97 bits per heavy atom. The van der Waals surface area contributed by atoms with Gasteiger partial charge in [-0.1, -0.05) is 48.5 Å². The van der Waals surface area contributed by atoms with Crippen molar-refractivity contribution in [1.82, 2.24) is 34.3 Å². The second kappa shape index (κ2) is 8.54. The van der Waals surface area contributed by atoms with Crippen molar-refractivity contribution < 1.29 is 4.79 Å². The van der Waals surface area contributed by atoms with Crippen molar-refractivity contribution in [2.45, 2.75) is 44.9 Å². The normalized spacial score (nSPS) is 12.5. The Morgan fingerprint density at radius 3 is 2.68 bits per heavy atom. The maximum atomic E-state index is 13.3. The SMILES string of the molecule is CC[C@H](C)NC(=O)CSc1nnc2n(Cc3ccc(C)cc3)c(=O)c3c(cnn3C)n12. The van der Waals surface area contributed by atoms with Crippen molar-refractivity contribution in [1.29, 1.82) is 0 Å². The first-order valence-corrected chi connectivity index (χ1v) is 11.1. The van der Waals surface area contributed by atoms with E-state index < -0.39 is 0 Å². The number of aryl methyl sites for hydroxylation is 2. The summed E-state index contributed by atoms with van der Waals surface area (Å²) < 4.78 is 4.97. The monoisotopic (exact) mass is 439 g/mol. The van der Waals surface area contributed by atoms with E-state index in [4.69, 9.17) is 0 Å². The number of thioether (sulfide) groups is 1. The van der Waals surface area contributed by atoms with E-state index in [-0.39, 0.29) is 23.3 Å². The molecule has 0 spiro atoms. The average molecular weight is 440 g/mol. The van der Waals surface area contributed by atoms with Gasteiger partial charge in [0, 0.05) is 13.1 Å². The Bertz CT molecular complexity index is 1300. The average Bonchev–Trinajstić information content (AvgIpc) is 3.34. The number of nitrogens with zero attached hydrogens (tertiary/aromatic N) is 6. The van der Waals surface area contributed by atoms with Crippen LogP contribution in [0.5, 0.6) is 0 Å². The minimum atomic E-state index is -0.179. The third-order valence-electron chi connectivity index (χ3n) is 5.28. The van der Waals surface area contributed by atoms with Crippen LogP contribution in [-0.2, 0) is 18.4 Å². The summed E-state index contributed by atoms with van der Waals surface area (Å²) in [6.07, 6.45) is 2.50. The van der Waals surface area contributed by atoms with Gasteiger partial charge in [0.05, 0.1) is 18.5 Å². The molecule has 1 aromatic carbocycles. The molecule has 1 amide bonds. The van der Waals surface area contributed by atoms with Crippen molar-refractivity contribution in [3.63, 3.8) is 0 Å². The predicted molar refractivity (Wildman–Crippen MR) is 120 cm³/mol. The van der Waals surface area contributed by atoms with Gasteiger partial charge >= 0.3 is 0 Å². The second-order valence-corrected chi connectivity index (χ2v) is 8.60. The fourth-order valence-electron chi connectivity index (χ4n) is 3.36. The first-order valence-electron chi connectivity index (χ1n) is 10.2. The molecule has 1 N–H and O–H groups in total. The van der Waals surface area contributed by atoms with Crippen LogP contribution in [0, 0.1) is 6.92 Å². The zero-order valence-corrected chi connectivity index (χ0v) is 18.8. The minimum absolute atomic E-state index is 0.0634. The molecule has 162 valence electrons. The lowest BCUT2D eigenvalue weighted by molar-refractivity contribution is -0.119. The van der Waals surface area contributed by atoms with Crippen molar-refractivity contribution >= 4 is 34.5 Å². The number of rotatable bonds is 7. The molecule has 9 nitrogen and oxygen atoms in total. The van der Waals surface area contributed by atoms with Crippen molar-refractivity contribution in [2.75, 3.05) is 5.75 Å². The molecule has 0 radical (unpaired) electrons. The highest BCUT2D eigenvalue weighted by Crippen LogP contribution is 2.21. The molecule has 0 fully saturated rings. The minimum Gasteiger partial charge on any atom is -0.353 e. The molecule has 0 saturated heterocycles. The quantitative estimate of drug-likeness (QED) is 0.443. The molecule has 0 aliphatic heterocycles. The van der Waals surface area contributed by atoms with E-state index in [2.05, 4.69) is 20.6 Å². The first-order chi connectivity index (χ1) is 14.9. The molecule has 0 unspecified atom stereocenters. The standard InChI is InChI=1S/C21H25N7O2S/c1-5-14(3)23-17(29)12-31-21-25-24-20-27(11-15-8-6-13(2)7-9-15)19(30)18-16(28(20)21)10-22-26(18)4/h6-10,14H,5,11-12H2,1-4H3,(H,23,29)/t14-/m0/s1. The summed E-state index contributed by atoms with van der Waals surface area (Å²) in [4.78, 5) is 25.5. The summed E-state index contributed by atoms with van der Waals surface area (Å²) in [5.41, 5.74) is 3.05. The fraction of sp³-hybridized carbons (Fsp3) is 0.381. The number of carbonyl (C=O) groups excluding carboxylic acids is 1. The molecule has 0 saturated carbocycles. The Labute approximate surface area is 183 Å². The van der Waals surface area contributed by atoms with E-state index in [0.717, 1.165) is 17.5 Å². The van der Waals surface area contributed by atoms with Crippen LogP contribution in [0.2, 0.25) is 0 Å². The van der Waals surface area contributed by atoms with Crippen LogP contribution < -0.4 is 10.9 Å². The zero-order chi connectivity index (χ0) is 22.1. The maximum absolute atomic E-state index is 13.3. The second-order valence-electron chi connectivity index (χ2n) is 7.66. The molecular weight excluding hydrogens is 414 g/mol. The summed E-state index contributed by atoms with van der Waals surface area (Å²) in [5.74, 6) is 0.576. The number of hydrogen-bond acceptors (Lipinski definition) is 6. The van der Waals surface area contributed by atoms with E-state index in [0.29, 0.717) is 28.5 Å². The summed E-state index contributed by atoms with van der Waals surface area (Å²) in [6, 6.07) is 8.14. The smallest absolute Gasteiger partial charge is 0.281 e. The molecule has 0 aliphatic carbocycles. The molecule has 10 heteroatoms. The molecule has 1 atom stereocenters. The molecule has 31 heavy (non-hydrogen) atoms. The fourth-order valence-corrected chi connectivity index (χ4v) is 4.12. The number of amides is 1. The van der Waals surface area contributed by atoms with Crippen LogP contribution in [0.15, 0.2) is 40.4 Å². The molecular formula is C21H25N7O2S. The molecule has 0 bridgehead atoms. The van der Waals surface area contributed by atoms with Crippen LogP contribution in [0.25, 0.3) is 16.8 Å². The van der Waals surface area contributed by atoms with Crippen LogP contribution >= 0.6 is 11.8 Å². The summed E-state index contributed by atoms with van der Waals surface area (Å²) >= 11 is 1.29. The number of hydrogen-bond donors (Lipinski definition) is 1. The Balaban J connectivity index is 1.77. The van der Waals surface area contributed by atoms with E-state index >= 15 is 0 Å². The lowest BCUT2D eigenvalue weighted by Gasteiger charge is -2.11. The van der Waals surface area contributed by atoms with Gasteiger partial charge in [0.15, 0.2) is 10.7 Å². The topological polar surface area (TPSA) is 99.1 Å². The molecule has 3 aromatic heterocycles. The highest BCUT2D eigenvalue weighted by Gasteiger charge is 2.20. The van der Waals surface area contributed by atoms with Gasteiger partial charge in [0.25, 0.3) is 5.56 Å². The van der Waals surface area contributed by atoms with Gasteiger partial charge in [0.1, 0.15) is 5.52 Å². The van der Waals surface area contributed by atoms with Gasteiger partial charge in [-0.3, -0.25) is 23.2 Å². The zero-order valence-electron chi connectivity index (χ0n) is 18.0. The van der Waals surface area contributed by atoms with E-state index in [1.807, 2.05) is 45.0 Å². The highest BCUT2D eigenvalue weighted by molar-refractivity contribution is 7.99. The third kappa shape index (κ3) is 4.07. The number of fused-ring (bicyclic) bond motifs is 3. The number of aromatic nitrogens is 6. The van der Waals surface area contributed by atoms with Gasteiger partial charge in [-0.05, 0) is 25.8 Å². The largest absolute Gasteiger partial charge is 0.353 e. The lowest BCUT2D eigenvalue weighted by Crippen LogP contribution is -2.33. The number of nitrogens with one attached hydrogen (secondary N) is 1. The van der Waals surface area contributed by atoms with Crippen molar-refractivity contribution in [3.8, 4) is 0 Å². The van der Waals surface area contributed by atoms with Crippen molar-refractivity contribution in [2.24, 2.45) is 7.05 Å². The Kier molecular flexibility index (Phi) is 5.81. The molecule has 3 heterocycles. The van der Waals surface area contributed by atoms with Crippen LogP contribution in [0.1, 0.15) is 31.4 Å². The van der Waals surface area contributed by atoms with Gasteiger partial charge in [-0.2, -0.15) is 5.10 Å². The van der Waals surface area contributed by atoms with Gasteiger partial charge in [-0.15, -0.1) is 10.2 Å². The first kappa shape index (κ1) is 21.1. The summed E-state index contributed by atoms with van der Waals surface area (Å²) in [6.45, 7) is 6.38. The van der Waals surface area contributed by atoms with E-state index in [9.17, 15) is 9.59 Å². The predicted octanol–water partition coefficient (Wildman–Crippen LogP) is 2.14. The van der Waals surface area contributed by atoms with Crippen LogP contribution in [0.4, 0.5) is 0 Å². The Morgan fingerprint density at radius 1 is 1.23 bits per heavy atom.